The molecule has 3 aliphatic heterocycles. The number of nitrogens with two attached hydrogens (primary N) is 1. The van der Waals surface area contributed by atoms with Gasteiger partial charge < -0.3 is 15.4 Å². The van der Waals surface area contributed by atoms with Crippen molar-refractivity contribution in [3.63, 3.8) is 0 Å². The molecule has 4 rings (SSSR count). The average Bonchev–Trinajstić information content (AvgIpc) is 3.14. The SMILES string of the molecule is COc1ccc(N2CCN(CC3=[N+](CC(N)=O)C4C(=O)N(C)C(=O)N(C)C4=N3)CC2)cc1. The molecule has 0 spiro atoms. The third kappa shape index (κ3) is 3.91. The van der Waals surface area contributed by atoms with Crippen LogP contribution in [0.15, 0.2) is 29.3 Å². The number of nitrogens with zero attached hydrogens (tertiary/aromatic N) is 6. The first-order valence-electron chi connectivity index (χ1n) is 10.5. The molecule has 0 radical (unpaired) electrons. The largest absolute Gasteiger partial charge is 0.497 e. The number of amidine groups is 2. The van der Waals surface area contributed by atoms with Crippen molar-refractivity contribution in [2.45, 2.75) is 6.04 Å². The van der Waals surface area contributed by atoms with Gasteiger partial charge in [0.1, 0.15) is 12.3 Å². The molecule has 0 aromatic heterocycles. The van der Waals surface area contributed by atoms with Crippen LogP contribution in [0.5, 0.6) is 5.75 Å². The minimum absolute atomic E-state index is 0.138. The highest BCUT2D eigenvalue weighted by atomic mass is 16.5. The van der Waals surface area contributed by atoms with Gasteiger partial charge in [-0.3, -0.25) is 24.3 Å². The smallest absolute Gasteiger partial charge is 0.333 e. The maximum Gasteiger partial charge on any atom is 0.333 e. The zero-order valence-corrected chi connectivity index (χ0v) is 18.5. The summed E-state index contributed by atoms with van der Waals surface area (Å²) in [6.07, 6.45) is 0. The van der Waals surface area contributed by atoms with E-state index in [9.17, 15) is 14.4 Å². The number of urea groups is 1. The van der Waals surface area contributed by atoms with Crippen molar-refractivity contribution in [2.75, 3.05) is 65.4 Å². The quantitative estimate of drug-likeness (QED) is 0.567. The molecule has 1 aromatic rings. The number of methoxy groups -OCH3 is 1. The lowest BCUT2D eigenvalue weighted by atomic mass is 10.1. The zero-order valence-electron chi connectivity index (χ0n) is 18.5. The number of hydrogen-bond acceptors (Lipinski definition) is 7. The van der Waals surface area contributed by atoms with Gasteiger partial charge in [-0.1, -0.05) is 0 Å². The van der Waals surface area contributed by atoms with E-state index in [4.69, 9.17) is 10.5 Å². The highest BCUT2D eigenvalue weighted by Gasteiger charge is 2.53. The first-order chi connectivity index (χ1) is 15.3. The topological polar surface area (TPSA) is 115 Å². The summed E-state index contributed by atoms with van der Waals surface area (Å²) in [5.41, 5.74) is 6.59. The predicted octanol–water partition coefficient (Wildman–Crippen LogP) is -0.982. The number of ether oxygens (including phenoxy) is 1. The van der Waals surface area contributed by atoms with E-state index in [1.54, 1.807) is 18.7 Å². The van der Waals surface area contributed by atoms with E-state index in [1.165, 1.54) is 11.9 Å². The number of benzene rings is 1. The Balaban J connectivity index is 1.49. The number of rotatable bonds is 6. The third-order valence-corrected chi connectivity index (χ3v) is 6.11. The number of imide groups is 1. The fraction of sp³-hybridized carbons (Fsp3) is 0.476. The van der Waals surface area contributed by atoms with Crippen molar-refractivity contribution in [1.82, 2.24) is 14.7 Å². The summed E-state index contributed by atoms with van der Waals surface area (Å²) < 4.78 is 6.84. The van der Waals surface area contributed by atoms with Crippen molar-refractivity contribution >= 4 is 35.2 Å². The van der Waals surface area contributed by atoms with Crippen molar-refractivity contribution in [3.05, 3.63) is 24.3 Å². The van der Waals surface area contributed by atoms with Gasteiger partial charge in [-0.05, 0) is 29.3 Å². The van der Waals surface area contributed by atoms with Crippen molar-refractivity contribution in [2.24, 2.45) is 10.7 Å². The molecule has 1 aromatic carbocycles. The summed E-state index contributed by atoms with van der Waals surface area (Å²) in [7, 11) is 4.65. The van der Waals surface area contributed by atoms with Gasteiger partial charge in [-0.15, -0.1) is 0 Å². The number of piperazine rings is 1. The molecule has 2 saturated heterocycles. The van der Waals surface area contributed by atoms with Gasteiger partial charge in [0, 0.05) is 46.0 Å². The van der Waals surface area contributed by atoms with Gasteiger partial charge in [-0.2, -0.15) is 0 Å². The molecule has 170 valence electrons. The van der Waals surface area contributed by atoms with Gasteiger partial charge in [0.2, 0.25) is 0 Å². The number of hydrogen-bond donors (Lipinski definition) is 1. The molecule has 11 heteroatoms. The molecule has 3 heterocycles. The Morgan fingerprint density at radius 2 is 1.78 bits per heavy atom. The number of fused-ring (bicyclic) bond motifs is 1. The molecular weight excluding hydrogens is 414 g/mol. The molecule has 1 unspecified atom stereocenters. The summed E-state index contributed by atoms with van der Waals surface area (Å²) in [5, 5.41) is 0. The van der Waals surface area contributed by atoms with E-state index in [2.05, 4.69) is 14.8 Å². The number of carbonyl (C=O) groups excluding carboxylic acids is 3. The van der Waals surface area contributed by atoms with Gasteiger partial charge in [0.25, 0.3) is 23.7 Å². The third-order valence-electron chi connectivity index (χ3n) is 6.11. The maximum atomic E-state index is 12.8. The number of primary amides is 1. The van der Waals surface area contributed by atoms with Crippen molar-refractivity contribution in [3.8, 4) is 5.75 Å². The van der Waals surface area contributed by atoms with Gasteiger partial charge in [-0.25, -0.2) is 9.37 Å². The lowest BCUT2D eigenvalue weighted by Gasteiger charge is -2.35. The highest BCUT2D eigenvalue weighted by Crippen LogP contribution is 2.22. The fourth-order valence-corrected chi connectivity index (χ4v) is 4.28. The molecule has 0 bridgehead atoms. The fourth-order valence-electron chi connectivity index (χ4n) is 4.28. The van der Waals surface area contributed by atoms with Crippen LogP contribution in [0.2, 0.25) is 0 Å². The summed E-state index contributed by atoms with van der Waals surface area (Å²) in [6, 6.07) is 6.72. The first kappa shape index (κ1) is 21.8. The second kappa shape index (κ2) is 8.58. The van der Waals surface area contributed by atoms with Crippen LogP contribution in [0.1, 0.15) is 0 Å². The van der Waals surface area contributed by atoms with E-state index in [0.29, 0.717) is 18.2 Å². The van der Waals surface area contributed by atoms with E-state index in [1.807, 2.05) is 24.3 Å². The molecule has 4 amide bonds. The van der Waals surface area contributed by atoms with E-state index >= 15 is 0 Å². The Bertz CT molecular complexity index is 996. The van der Waals surface area contributed by atoms with E-state index < -0.39 is 23.9 Å². The second-order valence-corrected chi connectivity index (χ2v) is 8.08. The van der Waals surface area contributed by atoms with Gasteiger partial charge >= 0.3 is 11.9 Å². The Morgan fingerprint density at radius 1 is 1.12 bits per heavy atom. The summed E-state index contributed by atoms with van der Waals surface area (Å²) >= 11 is 0. The molecule has 1 atom stereocenters. The number of carbonyl (C=O) groups is 3. The van der Waals surface area contributed by atoms with Crippen LogP contribution in [0, 0.1) is 0 Å². The van der Waals surface area contributed by atoms with Crippen LogP contribution in [0.25, 0.3) is 0 Å². The van der Waals surface area contributed by atoms with Crippen LogP contribution in [0.4, 0.5) is 10.5 Å². The standard InChI is InChI=1S/C21H27N7O4/c1-24-19-18(20(30)25(2)21(24)31)28(12-16(22)29)17(23-19)13-26-8-10-27(11-9-26)14-4-6-15(32-3)7-5-14/h4-7,18H,8-13H2,1-3H3,(H-,22,29)/p+1. The monoisotopic (exact) mass is 442 g/mol. The average molecular weight is 443 g/mol. The molecule has 2 N–H and O–H groups in total. The van der Waals surface area contributed by atoms with Crippen molar-refractivity contribution < 1.29 is 23.7 Å². The van der Waals surface area contributed by atoms with E-state index in [-0.39, 0.29) is 6.54 Å². The lowest BCUT2D eigenvalue weighted by Crippen LogP contribution is -2.62. The van der Waals surface area contributed by atoms with Gasteiger partial charge in [0.15, 0.2) is 6.54 Å². The molecule has 3 aliphatic rings. The minimum atomic E-state index is -0.814. The molecule has 32 heavy (non-hydrogen) atoms. The Labute approximate surface area is 186 Å². The predicted molar refractivity (Wildman–Crippen MR) is 118 cm³/mol. The number of anilines is 1. The molecule has 0 aliphatic carbocycles. The summed E-state index contributed by atoms with van der Waals surface area (Å²) in [5.74, 6) is 0.769. The normalized spacial score (nSPS) is 21.8. The molecule has 2 fully saturated rings. The first-order valence-corrected chi connectivity index (χ1v) is 10.5. The molecular formula is C21H28N7O4+. The van der Waals surface area contributed by atoms with Crippen LogP contribution in [0.3, 0.4) is 0 Å². The Hall–Kier alpha value is -3.47. The number of amides is 4. The van der Waals surface area contributed by atoms with Crippen LogP contribution in [-0.4, -0.2) is 115 Å². The van der Waals surface area contributed by atoms with Gasteiger partial charge in [0.05, 0.1) is 7.11 Å². The summed E-state index contributed by atoms with van der Waals surface area (Å²) in [6.45, 7) is 3.56. The zero-order chi connectivity index (χ0) is 23.0. The van der Waals surface area contributed by atoms with Crippen LogP contribution in [-0.2, 0) is 9.59 Å². The van der Waals surface area contributed by atoms with Crippen molar-refractivity contribution in [1.29, 1.82) is 0 Å². The Kier molecular flexibility index (Phi) is 5.83. The number of aliphatic imine (C=N–C) groups is 1. The molecule has 11 nitrogen and oxygen atoms in total. The minimum Gasteiger partial charge on any atom is -0.497 e. The van der Waals surface area contributed by atoms with Crippen LogP contribution < -0.4 is 15.4 Å². The van der Waals surface area contributed by atoms with Crippen LogP contribution >= 0.6 is 0 Å². The maximum absolute atomic E-state index is 12.8. The number of likely N-dealkylation sites (N-methyl/N-ethyl adjacent to an activating group) is 2. The van der Waals surface area contributed by atoms with E-state index in [0.717, 1.165) is 42.5 Å². The second-order valence-electron chi connectivity index (χ2n) is 8.08. The lowest BCUT2D eigenvalue weighted by molar-refractivity contribution is -0.525. The summed E-state index contributed by atoms with van der Waals surface area (Å²) in [4.78, 5) is 48.4. The molecule has 0 saturated carbocycles. The highest BCUT2D eigenvalue weighted by molar-refractivity contribution is 6.23. The Morgan fingerprint density at radius 3 is 2.38 bits per heavy atom.